The molecule has 0 aliphatic rings. The van der Waals surface area contributed by atoms with Crippen molar-refractivity contribution in [1.29, 1.82) is 0 Å². The van der Waals surface area contributed by atoms with Crippen LogP contribution in [0.25, 0.3) is 105 Å². The van der Waals surface area contributed by atoms with Gasteiger partial charge in [-0.1, -0.05) is 200 Å². The van der Waals surface area contributed by atoms with Crippen LogP contribution in [-0.2, 0) is 37.3 Å². The minimum atomic E-state index is -0.345. The minimum Gasteiger partial charge on any atom is -0.507 e. The number of nitrogens with zero attached hydrogens (tertiary/aromatic N) is 3. The van der Waals surface area contributed by atoms with Gasteiger partial charge in [0.05, 0.1) is 28.5 Å². The molecule has 0 atom stereocenters. The molecule has 0 aliphatic carbocycles. The quantitative estimate of drug-likeness (QED) is 0.169. The molecule has 6 heteroatoms. The van der Waals surface area contributed by atoms with Crippen molar-refractivity contribution in [3.8, 4) is 67.5 Å². The van der Waals surface area contributed by atoms with Crippen molar-refractivity contribution < 1.29 is 30.6 Å². The molecule has 0 aliphatic heterocycles. The largest absolute Gasteiger partial charge is 0.507 e. The number of hydrogen-bond acceptors (Lipinski definition) is 4. The fraction of sp³-hybridized carbons (Fsp3) is 0.188. The van der Waals surface area contributed by atoms with Crippen LogP contribution in [0, 0.1) is 6.07 Å². The average Bonchev–Trinajstić information content (AvgIpc) is 3.92. The maximum absolute atomic E-state index is 12.6. The first-order valence-corrected chi connectivity index (χ1v) is 23.9. The molecule has 3 aromatic heterocycles. The van der Waals surface area contributed by atoms with Crippen LogP contribution in [0.4, 0.5) is 0 Å². The standard InChI is InChI=1S/C64H56N3O2.Pt/c1-62(2,3)45-28-30-55(50(34-45)40-21-14-11-15-22-40)67-56-26-18-25-47(58(56)66-61(67)52-35-46(63(4,5)6)36-53(59(52)68)64(7,8)9)43-31-42(39-19-12-10-13-20-39)32-44(33-43)54-37-51-49-29-27-41-23-16-17-24-48(41)60(49)69-57(51)38-65-54;/h10-32,34-38,68H,1-9H3;/q-1;. The van der Waals surface area contributed by atoms with Gasteiger partial charge in [-0.15, -0.1) is 23.8 Å². The van der Waals surface area contributed by atoms with Gasteiger partial charge < -0.3 is 9.52 Å². The van der Waals surface area contributed by atoms with Crippen LogP contribution >= 0.6 is 0 Å². The minimum absolute atomic E-state index is 0. The molecule has 0 radical (unpaired) electrons. The molecule has 1 N–H and O–H groups in total. The monoisotopic (exact) mass is 1090 g/mol. The number of imidazole rings is 1. The van der Waals surface area contributed by atoms with Crippen molar-refractivity contribution in [3.05, 3.63) is 193 Å². The summed E-state index contributed by atoms with van der Waals surface area (Å²) < 4.78 is 8.77. The number of aromatic hydroxyl groups is 1. The Balaban J connectivity index is 0.00000567. The second kappa shape index (κ2) is 17.4. The van der Waals surface area contributed by atoms with E-state index in [-0.39, 0.29) is 43.1 Å². The molecular formula is C64H56N3O2Pt-. The average molecular weight is 1090 g/mol. The molecule has 0 bridgehead atoms. The van der Waals surface area contributed by atoms with Gasteiger partial charge in [-0.3, -0.25) is 9.55 Å². The third kappa shape index (κ3) is 8.24. The van der Waals surface area contributed by atoms with Crippen molar-refractivity contribution in [3.63, 3.8) is 0 Å². The molecule has 0 saturated heterocycles. The number of para-hydroxylation sites is 1. The Labute approximate surface area is 425 Å². The third-order valence-electron chi connectivity index (χ3n) is 13.7. The normalized spacial score (nSPS) is 12.3. The molecule has 3 heterocycles. The van der Waals surface area contributed by atoms with E-state index in [9.17, 15) is 5.11 Å². The summed E-state index contributed by atoms with van der Waals surface area (Å²) in [5.74, 6) is 0.903. The summed E-state index contributed by atoms with van der Waals surface area (Å²) in [6.45, 7) is 19.9. The Bertz CT molecular complexity index is 3790. The molecule has 0 spiro atoms. The summed E-state index contributed by atoms with van der Waals surface area (Å²) in [5, 5.41) is 16.9. The first-order chi connectivity index (χ1) is 33.0. The number of benzene rings is 8. The van der Waals surface area contributed by atoms with Gasteiger partial charge >= 0.3 is 0 Å². The topological polar surface area (TPSA) is 64.1 Å². The van der Waals surface area contributed by atoms with Crippen molar-refractivity contribution in [1.82, 2.24) is 14.5 Å². The maximum Gasteiger partial charge on any atom is 0.152 e. The molecular weight excluding hydrogens is 1040 g/mol. The zero-order valence-corrected chi connectivity index (χ0v) is 43.5. The van der Waals surface area contributed by atoms with E-state index in [1.54, 1.807) is 0 Å². The first kappa shape index (κ1) is 46.6. The fourth-order valence-corrected chi connectivity index (χ4v) is 9.80. The summed E-state index contributed by atoms with van der Waals surface area (Å²) >= 11 is 0. The first-order valence-electron chi connectivity index (χ1n) is 23.9. The Kier molecular flexibility index (Phi) is 11.6. The third-order valence-corrected chi connectivity index (χ3v) is 13.7. The van der Waals surface area contributed by atoms with Crippen molar-refractivity contribution in [2.75, 3.05) is 0 Å². The molecule has 70 heavy (non-hydrogen) atoms. The van der Waals surface area contributed by atoms with E-state index in [1.165, 1.54) is 5.56 Å². The summed E-state index contributed by atoms with van der Waals surface area (Å²) in [5.41, 5.74) is 15.3. The molecule has 0 unspecified atom stereocenters. The fourth-order valence-electron chi connectivity index (χ4n) is 9.80. The number of phenolic OH excluding ortho intramolecular Hbond substituents is 1. The van der Waals surface area contributed by atoms with E-state index >= 15 is 0 Å². The number of pyridine rings is 1. The molecule has 11 rings (SSSR count). The number of phenols is 1. The van der Waals surface area contributed by atoms with Gasteiger partial charge in [0.1, 0.15) is 17.2 Å². The van der Waals surface area contributed by atoms with E-state index in [1.807, 2.05) is 12.3 Å². The summed E-state index contributed by atoms with van der Waals surface area (Å²) in [6, 6.07) is 61.7. The number of rotatable bonds is 6. The van der Waals surface area contributed by atoms with Crippen molar-refractivity contribution in [2.24, 2.45) is 0 Å². The van der Waals surface area contributed by atoms with E-state index in [4.69, 9.17) is 14.4 Å². The number of furan rings is 1. The molecule has 11 aromatic rings. The van der Waals surface area contributed by atoms with Crippen molar-refractivity contribution in [2.45, 2.75) is 78.6 Å². The molecule has 0 saturated carbocycles. The van der Waals surface area contributed by atoms with Crippen LogP contribution < -0.4 is 0 Å². The van der Waals surface area contributed by atoms with Gasteiger partial charge in [0, 0.05) is 54.0 Å². The van der Waals surface area contributed by atoms with Crippen LogP contribution in [0.15, 0.2) is 174 Å². The van der Waals surface area contributed by atoms with E-state index in [0.717, 1.165) is 105 Å². The van der Waals surface area contributed by atoms with Crippen LogP contribution in [0.5, 0.6) is 5.75 Å². The van der Waals surface area contributed by atoms with Gasteiger partial charge in [-0.25, -0.2) is 4.98 Å². The Morgan fingerprint density at radius 3 is 1.91 bits per heavy atom. The second-order valence-electron chi connectivity index (χ2n) is 21.6. The summed E-state index contributed by atoms with van der Waals surface area (Å²) in [6.07, 6.45) is 1.84. The summed E-state index contributed by atoms with van der Waals surface area (Å²) in [4.78, 5) is 10.7. The van der Waals surface area contributed by atoms with Crippen molar-refractivity contribution >= 4 is 43.7 Å². The maximum atomic E-state index is 12.6. The van der Waals surface area contributed by atoms with Gasteiger partial charge in [-0.2, -0.15) is 0 Å². The molecule has 8 aromatic carbocycles. The smallest absolute Gasteiger partial charge is 0.152 e. The van der Waals surface area contributed by atoms with Gasteiger partial charge in [0.15, 0.2) is 5.58 Å². The van der Waals surface area contributed by atoms with Gasteiger partial charge in [0.25, 0.3) is 0 Å². The van der Waals surface area contributed by atoms with Crippen LogP contribution in [-0.4, -0.2) is 19.6 Å². The predicted molar refractivity (Wildman–Crippen MR) is 287 cm³/mol. The molecule has 350 valence electrons. The number of aromatic nitrogens is 3. The van der Waals surface area contributed by atoms with E-state index in [0.29, 0.717) is 11.4 Å². The van der Waals surface area contributed by atoms with E-state index in [2.05, 4.69) is 231 Å². The Morgan fingerprint density at radius 2 is 1.20 bits per heavy atom. The number of hydrogen-bond donors (Lipinski definition) is 1. The van der Waals surface area contributed by atoms with Crippen LogP contribution in [0.2, 0.25) is 0 Å². The molecule has 0 fully saturated rings. The SMILES string of the molecule is CC(C)(C)c1ccc(-n2c(-c3cc(C(C)(C)C)cc(C(C)(C)C)c3O)nc3c(-c4[c-]c(-c5cc6c(cn5)oc5c7ccccc7ccc65)cc(-c5ccccc5)c4)cccc32)c(-c2ccccc2)c1.[Pt]. The Morgan fingerprint density at radius 1 is 0.529 bits per heavy atom. The zero-order chi connectivity index (χ0) is 48.0. The molecule has 0 amide bonds. The second-order valence-corrected chi connectivity index (χ2v) is 21.6. The van der Waals surface area contributed by atoms with Gasteiger partial charge in [0.2, 0.25) is 0 Å². The van der Waals surface area contributed by atoms with Gasteiger partial charge in [-0.05, 0) is 74.2 Å². The van der Waals surface area contributed by atoms with Crippen LogP contribution in [0.1, 0.15) is 79.0 Å². The number of fused-ring (bicyclic) bond motifs is 6. The zero-order valence-electron chi connectivity index (χ0n) is 41.2. The predicted octanol–water partition coefficient (Wildman–Crippen LogP) is 17.2. The van der Waals surface area contributed by atoms with Crippen LogP contribution in [0.3, 0.4) is 0 Å². The Hall–Kier alpha value is -7.07. The molecule has 5 nitrogen and oxygen atoms in total. The van der Waals surface area contributed by atoms with E-state index < -0.39 is 0 Å². The summed E-state index contributed by atoms with van der Waals surface area (Å²) in [7, 11) is 0.